The van der Waals surface area contributed by atoms with Crippen molar-refractivity contribution in [2.75, 3.05) is 19.7 Å². The van der Waals surface area contributed by atoms with Gasteiger partial charge in [0.2, 0.25) is 5.91 Å². The van der Waals surface area contributed by atoms with Gasteiger partial charge in [0.25, 0.3) is 5.69 Å². The van der Waals surface area contributed by atoms with Gasteiger partial charge in [0, 0.05) is 31.3 Å². The molecule has 1 fully saturated rings. The highest BCUT2D eigenvalue weighted by molar-refractivity contribution is 5.85. The van der Waals surface area contributed by atoms with Gasteiger partial charge in [-0.05, 0) is 0 Å². The minimum atomic E-state index is -0.449. The summed E-state index contributed by atoms with van der Waals surface area (Å²) in [5.41, 5.74) is 0.511. The normalized spacial score (nSPS) is 17.6. The van der Waals surface area contributed by atoms with Gasteiger partial charge in [-0.25, -0.2) is 0 Å². The maximum atomic E-state index is 11.8. The molecule has 0 aromatic heterocycles. The first-order chi connectivity index (χ1) is 9.66. The third-order valence-electron chi connectivity index (χ3n) is 3.08. The summed E-state index contributed by atoms with van der Waals surface area (Å²) in [6, 6.07) is 6.38. The number of ether oxygens (including phenoxy) is 1. The lowest BCUT2D eigenvalue weighted by molar-refractivity contribution is -0.385. The third kappa shape index (κ3) is 5.30. The minimum absolute atomic E-state index is 0. The molecule has 0 saturated carbocycles. The highest BCUT2D eigenvalue weighted by atomic mass is 35.5. The lowest BCUT2D eigenvalue weighted by Crippen LogP contribution is -2.41. The van der Waals surface area contributed by atoms with Crippen LogP contribution in [0.25, 0.3) is 0 Å². The fraction of sp³-hybridized carbons (Fsp3) is 0.462. The Morgan fingerprint density at radius 3 is 2.90 bits per heavy atom. The predicted molar refractivity (Wildman–Crippen MR) is 79.4 cm³/mol. The van der Waals surface area contributed by atoms with Crippen molar-refractivity contribution in [2.45, 2.75) is 19.1 Å². The number of nitrogens with one attached hydrogen (secondary N) is 2. The van der Waals surface area contributed by atoms with Crippen LogP contribution in [0.4, 0.5) is 5.69 Å². The number of para-hydroxylation sites is 1. The molecule has 0 spiro atoms. The van der Waals surface area contributed by atoms with Crippen molar-refractivity contribution < 1.29 is 14.5 Å². The SMILES string of the molecule is Cl.O=C(CC1CNCCO1)NCc1ccccc1[N+](=O)[O-]. The van der Waals surface area contributed by atoms with E-state index in [1.54, 1.807) is 18.2 Å². The molecule has 2 rings (SSSR count). The van der Waals surface area contributed by atoms with Crippen molar-refractivity contribution in [2.24, 2.45) is 0 Å². The number of amides is 1. The lowest BCUT2D eigenvalue weighted by atomic mass is 10.1. The zero-order chi connectivity index (χ0) is 14.4. The molecule has 0 aliphatic carbocycles. The summed E-state index contributed by atoms with van der Waals surface area (Å²) in [7, 11) is 0. The van der Waals surface area contributed by atoms with Gasteiger partial charge in [0.05, 0.1) is 24.1 Å². The molecule has 1 amide bonds. The van der Waals surface area contributed by atoms with Crippen LogP contribution >= 0.6 is 12.4 Å². The number of nitro benzene ring substituents is 1. The van der Waals surface area contributed by atoms with Gasteiger partial charge < -0.3 is 15.4 Å². The molecule has 2 N–H and O–H groups in total. The summed E-state index contributed by atoms with van der Waals surface area (Å²) in [5.74, 6) is -0.170. The number of carbonyl (C=O) groups is 1. The second-order valence-electron chi connectivity index (χ2n) is 4.56. The second-order valence-corrected chi connectivity index (χ2v) is 4.56. The molecule has 1 aliphatic rings. The Bertz CT molecular complexity index is 492. The Morgan fingerprint density at radius 2 is 2.24 bits per heavy atom. The van der Waals surface area contributed by atoms with Crippen LogP contribution in [0.1, 0.15) is 12.0 Å². The van der Waals surface area contributed by atoms with Crippen molar-refractivity contribution >= 4 is 24.0 Å². The maximum absolute atomic E-state index is 11.8. The summed E-state index contributed by atoms with van der Waals surface area (Å²) in [5, 5.41) is 16.7. The van der Waals surface area contributed by atoms with Crippen LogP contribution in [0.15, 0.2) is 24.3 Å². The Kier molecular flexibility index (Phi) is 7.07. The topological polar surface area (TPSA) is 93.5 Å². The third-order valence-corrected chi connectivity index (χ3v) is 3.08. The molecule has 116 valence electrons. The molecule has 1 atom stereocenters. The zero-order valence-corrected chi connectivity index (χ0v) is 12.2. The van der Waals surface area contributed by atoms with Crippen molar-refractivity contribution in [1.29, 1.82) is 0 Å². The average Bonchev–Trinajstić information content (AvgIpc) is 2.46. The summed E-state index contributed by atoms with van der Waals surface area (Å²) in [4.78, 5) is 22.2. The summed E-state index contributed by atoms with van der Waals surface area (Å²) in [6.45, 7) is 2.20. The first kappa shape index (κ1) is 17.4. The smallest absolute Gasteiger partial charge is 0.274 e. The molecule has 8 heteroatoms. The van der Waals surface area contributed by atoms with Crippen molar-refractivity contribution in [3.63, 3.8) is 0 Å². The van der Waals surface area contributed by atoms with Crippen molar-refractivity contribution in [3.8, 4) is 0 Å². The summed E-state index contributed by atoms with van der Waals surface area (Å²) >= 11 is 0. The standard InChI is InChI=1S/C13H17N3O4.ClH/c17-13(7-11-9-14-5-6-20-11)15-8-10-3-1-2-4-12(10)16(18)19;/h1-4,11,14H,5-9H2,(H,15,17);1H. The molecule has 21 heavy (non-hydrogen) atoms. The fourth-order valence-corrected chi connectivity index (χ4v) is 2.06. The monoisotopic (exact) mass is 315 g/mol. The number of rotatable bonds is 5. The van der Waals surface area contributed by atoms with Gasteiger partial charge in [-0.15, -0.1) is 12.4 Å². The number of nitrogens with zero attached hydrogens (tertiary/aromatic N) is 1. The molecule has 0 bridgehead atoms. The molecular weight excluding hydrogens is 298 g/mol. The summed E-state index contributed by atoms with van der Waals surface area (Å²) in [6.07, 6.45) is 0.127. The Morgan fingerprint density at radius 1 is 1.48 bits per heavy atom. The van der Waals surface area contributed by atoms with Crippen LogP contribution in [0.2, 0.25) is 0 Å². The van der Waals surface area contributed by atoms with Crippen LogP contribution in [0.5, 0.6) is 0 Å². The van der Waals surface area contributed by atoms with Gasteiger partial charge in [-0.1, -0.05) is 18.2 Å². The van der Waals surface area contributed by atoms with Gasteiger partial charge in [0.1, 0.15) is 0 Å². The average molecular weight is 316 g/mol. The van der Waals surface area contributed by atoms with Crippen LogP contribution in [0.3, 0.4) is 0 Å². The maximum Gasteiger partial charge on any atom is 0.274 e. The number of benzene rings is 1. The molecule has 1 aliphatic heterocycles. The fourth-order valence-electron chi connectivity index (χ4n) is 2.06. The Hall–Kier alpha value is -1.70. The molecule has 1 aromatic carbocycles. The largest absolute Gasteiger partial charge is 0.375 e. The van der Waals surface area contributed by atoms with E-state index in [1.807, 2.05) is 0 Å². The van der Waals surface area contributed by atoms with Gasteiger partial charge in [0.15, 0.2) is 0 Å². The van der Waals surface area contributed by atoms with E-state index in [1.165, 1.54) is 6.07 Å². The number of hydrogen-bond acceptors (Lipinski definition) is 5. The number of carbonyl (C=O) groups excluding carboxylic acids is 1. The molecule has 0 radical (unpaired) electrons. The quantitative estimate of drug-likeness (QED) is 0.625. The van der Waals surface area contributed by atoms with Crippen LogP contribution in [-0.2, 0) is 16.1 Å². The lowest BCUT2D eigenvalue weighted by Gasteiger charge is -2.23. The minimum Gasteiger partial charge on any atom is -0.375 e. The van der Waals surface area contributed by atoms with E-state index in [0.29, 0.717) is 18.7 Å². The molecule has 1 saturated heterocycles. The van der Waals surface area contributed by atoms with E-state index < -0.39 is 4.92 Å². The Balaban J connectivity index is 0.00000220. The highest BCUT2D eigenvalue weighted by Gasteiger charge is 2.18. The second kappa shape index (κ2) is 8.56. The van der Waals surface area contributed by atoms with E-state index in [9.17, 15) is 14.9 Å². The molecule has 1 heterocycles. The highest BCUT2D eigenvalue weighted by Crippen LogP contribution is 2.17. The van der Waals surface area contributed by atoms with Crippen molar-refractivity contribution in [3.05, 3.63) is 39.9 Å². The van der Waals surface area contributed by atoms with Crippen LogP contribution in [-0.4, -0.2) is 36.6 Å². The molecular formula is C13H18ClN3O4. The number of morpholine rings is 1. The summed E-state index contributed by atoms with van der Waals surface area (Å²) < 4.78 is 5.43. The van der Waals surface area contributed by atoms with E-state index >= 15 is 0 Å². The first-order valence-electron chi connectivity index (χ1n) is 6.48. The number of nitro groups is 1. The van der Waals surface area contributed by atoms with E-state index in [-0.39, 0.29) is 43.1 Å². The van der Waals surface area contributed by atoms with Gasteiger partial charge in [-0.3, -0.25) is 14.9 Å². The molecule has 7 nitrogen and oxygen atoms in total. The van der Waals surface area contributed by atoms with Gasteiger partial charge in [-0.2, -0.15) is 0 Å². The van der Waals surface area contributed by atoms with E-state index in [2.05, 4.69) is 10.6 Å². The Labute approximate surface area is 128 Å². The van der Waals surface area contributed by atoms with E-state index in [4.69, 9.17) is 4.74 Å². The van der Waals surface area contributed by atoms with Crippen LogP contribution < -0.4 is 10.6 Å². The van der Waals surface area contributed by atoms with Crippen molar-refractivity contribution in [1.82, 2.24) is 10.6 Å². The van der Waals surface area contributed by atoms with E-state index in [0.717, 1.165) is 6.54 Å². The molecule has 1 aromatic rings. The zero-order valence-electron chi connectivity index (χ0n) is 11.4. The van der Waals surface area contributed by atoms with Crippen LogP contribution in [0, 0.1) is 10.1 Å². The van der Waals surface area contributed by atoms with Gasteiger partial charge >= 0.3 is 0 Å². The molecule has 1 unspecified atom stereocenters. The number of halogens is 1. The predicted octanol–water partition coefficient (Wildman–Crippen LogP) is 1.01. The first-order valence-corrected chi connectivity index (χ1v) is 6.48. The number of hydrogen-bond donors (Lipinski definition) is 2.